The van der Waals surface area contributed by atoms with Gasteiger partial charge in [-0.2, -0.15) is 0 Å². The van der Waals surface area contributed by atoms with E-state index >= 15 is 0 Å². The third-order valence-corrected chi connectivity index (χ3v) is 4.05. The average molecular weight is 340 g/mol. The van der Waals surface area contributed by atoms with Crippen molar-refractivity contribution >= 4 is 17.4 Å². The molecule has 1 aromatic heterocycles. The fourth-order valence-corrected chi connectivity index (χ4v) is 2.82. The normalized spacial score (nSPS) is 15.4. The lowest BCUT2D eigenvalue weighted by molar-refractivity contribution is -0.135. The van der Waals surface area contributed by atoms with Crippen molar-refractivity contribution < 1.29 is 9.59 Å². The molecule has 1 atom stereocenters. The first-order valence-corrected chi connectivity index (χ1v) is 8.17. The average Bonchev–Trinajstić information content (AvgIpc) is 3.14. The number of nitrogens with zero attached hydrogens (tertiary/aromatic N) is 5. The minimum Gasteiger partial charge on any atom is -0.343 e. The van der Waals surface area contributed by atoms with E-state index < -0.39 is 6.04 Å². The summed E-state index contributed by atoms with van der Waals surface area (Å²) in [6, 6.07) is 9.42. The van der Waals surface area contributed by atoms with Crippen LogP contribution in [-0.4, -0.2) is 56.1 Å². The van der Waals surface area contributed by atoms with Crippen LogP contribution >= 0.6 is 0 Å². The lowest BCUT2D eigenvalue weighted by Gasteiger charge is -2.30. The fourth-order valence-electron chi connectivity index (χ4n) is 2.82. The third-order valence-electron chi connectivity index (χ3n) is 4.05. The second-order valence-corrected chi connectivity index (χ2v) is 5.94. The maximum absolute atomic E-state index is 12.6. The fraction of sp³-hybridized carbons (Fsp3) is 0.353. The number of benzene rings is 1. The van der Waals surface area contributed by atoms with Crippen molar-refractivity contribution in [2.75, 3.05) is 13.1 Å². The van der Waals surface area contributed by atoms with Crippen molar-refractivity contribution in [1.82, 2.24) is 30.4 Å². The van der Waals surface area contributed by atoms with Crippen LogP contribution in [-0.2, 0) is 16.1 Å². The minimum atomic E-state index is -0.598. The first-order valence-electron chi connectivity index (χ1n) is 8.17. The number of hydrogen-bond acceptors (Lipinski definition) is 5. The standard InChI is InChI=1S/C17H20N6O2/c1-13(19-16(24)11-23-12-18-20-21-23)17(25)22-9-5-8-15(10-22)14-6-3-2-4-7-14/h2-4,6-8,12-13H,5,9-11H2,1H3,(H,19,24)/t13-/m0/s1. The summed E-state index contributed by atoms with van der Waals surface area (Å²) in [5, 5.41) is 13.3. The Kier molecular flexibility index (Phi) is 5.17. The van der Waals surface area contributed by atoms with E-state index in [9.17, 15) is 9.59 Å². The van der Waals surface area contributed by atoms with Crippen LogP contribution in [0.5, 0.6) is 0 Å². The van der Waals surface area contributed by atoms with Gasteiger partial charge in [0.2, 0.25) is 11.8 Å². The van der Waals surface area contributed by atoms with E-state index in [0.29, 0.717) is 13.1 Å². The Bertz CT molecular complexity index is 757. The zero-order valence-corrected chi connectivity index (χ0v) is 14.0. The number of amides is 2. The van der Waals surface area contributed by atoms with Gasteiger partial charge in [0, 0.05) is 13.1 Å². The van der Waals surface area contributed by atoms with E-state index in [2.05, 4.69) is 26.9 Å². The summed E-state index contributed by atoms with van der Waals surface area (Å²) in [5.41, 5.74) is 2.25. The number of tetrazole rings is 1. The van der Waals surface area contributed by atoms with Gasteiger partial charge in [-0.3, -0.25) is 9.59 Å². The predicted molar refractivity (Wildman–Crippen MR) is 91.0 cm³/mol. The minimum absolute atomic E-state index is 0.0141. The number of aromatic nitrogens is 4. The van der Waals surface area contributed by atoms with Crippen molar-refractivity contribution in [3.8, 4) is 0 Å². The van der Waals surface area contributed by atoms with E-state index in [0.717, 1.165) is 17.6 Å². The van der Waals surface area contributed by atoms with Gasteiger partial charge in [0.25, 0.3) is 0 Å². The van der Waals surface area contributed by atoms with E-state index in [-0.39, 0.29) is 18.4 Å². The van der Waals surface area contributed by atoms with Gasteiger partial charge in [-0.1, -0.05) is 36.4 Å². The number of nitrogens with one attached hydrogen (secondary N) is 1. The lowest BCUT2D eigenvalue weighted by atomic mass is 10.0. The Morgan fingerprint density at radius 3 is 2.80 bits per heavy atom. The molecule has 0 saturated carbocycles. The van der Waals surface area contributed by atoms with Crippen LogP contribution in [0.2, 0.25) is 0 Å². The molecule has 130 valence electrons. The summed E-state index contributed by atoms with van der Waals surface area (Å²) in [7, 11) is 0. The first kappa shape index (κ1) is 16.8. The Labute approximate surface area is 145 Å². The van der Waals surface area contributed by atoms with Gasteiger partial charge in [-0.15, -0.1) is 5.10 Å². The molecule has 1 aromatic carbocycles. The molecule has 25 heavy (non-hydrogen) atoms. The quantitative estimate of drug-likeness (QED) is 0.855. The maximum Gasteiger partial charge on any atom is 0.245 e. The number of rotatable bonds is 5. The van der Waals surface area contributed by atoms with Gasteiger partial charge < -0.3 is 10.2 Å². The van der Waals surface area contributed by atoms with Crippen LogP contribution in [0.1, 0.15) is 18.9 Å². The Hall–Kier alpha value is -3.03. The second kappa shape index (κ2) is 7.69. The smallest absolute Gasteiger partial charge is 0.245 e. The van der Waals surface area contributed by atoms with Crippen molar-refractivity contribution in [2.24, 2.45) is 0 Å². The Morgan fingerprint density at radius 2 is 2.08 bits per heavy atom. The molecule has 0 unspecified atom stereocenters. The number of hydrogen-bond donors (Lipinski definition) is 1. The first-order chi connectivity index (χ1) is 12.1. The van der Waals surface area contributed by atoms with E-state index in [1.165, 1.54) is 11.0 Å². The summed E-state index contributed by atoms with van der Waals surface area (Å²) >= 11 is 0. The molecule has 8 nitrogen and oxygen atoms in total. The molecule has 0 aliphatic carbocycles. The molecule has 1 aliphatic heterocycles. The van der Waals surface area contributed by atoms with E-state index in [1.807, 2.05) is 30.3 Å². The van der Waals surface area contributed by atoms with Crippen LogP contribution in [0.3, 0.4) is 0 Å². The molecule has 0 radical (unpaired) electrons. The zero-order valence-electron chi connectivity index (χ0n) is 14.0. The van der Waals surface area contributed by atoms with Gasteiger partial charge in [0.05, 0.1) is 0 Å². The molecule has 1 N–H and O–H groups in total. The van der Waals surface area contributed by atoms with Crippen LogP contribution < -0.4 is 5.32 Å². The molecular weight excluding hydrogens is 320 g/mol. The molecule has 0 saturated heterocycles. The topological polar surface area (TPSA) is 93.0 Å². The largest absolute Gasteiger partial charge is 0.343 e. The highest BCUT2D eigenvalue weighted by Gasteiger charge is 2.24. The molecule has 2 heterocycles. The molecule has 1 aliphatic rings. The van der Waals surface area contributed by atoms with E-state index in [4.69, 9.17) is 0 Å². The summed E-state index contributed by atoms with van der Waals surface area (Å²) in [5.74, 6) is -0.393. The molecule has 0 spiro atoms. The maximum atomic E-state index is 12.6. The Morgan fingerprint density at radius 1 is 1.28 bits per heavy atom. The van der Waals surface area contributed by atoms with Crippen LogP contribution in [0.25, 0.3) is 5.57 Å². The van der Waals surface area contributed by atoms with Crippen LogP contribution in [0.4, 0.5) is 0 Å². The number of carbonyl (C=O) groups excluding carboxylic acids is 2. The summed E-state index contributed by atoms with van der Waals surface area (Å²) in [6.45, 7) is 2.89. The monoisotopic (exact) mass is 340 g/mol. The second-order valence-electron chi connectivity index (χ2n) is 5.94. The van der Waals surface area contributed by atoms with Crippen LogP contribution in [0, 0.1) is 0 Å². The van der Waals surface area contributed by atoms with Crippen molar-refractivity contribution in [1.29, 1.82) is 0 Å². The van der Waals surface area contributed by atoms with Gasteiger partial charge in [-0.25, -0.2) is 4.68 Å². The Balaban J connectivity index is 1.57. The summed E-state index contributed by atoms with van der Waals surface area (Å²) in [4.78, 5) is 26.4. The molecule has 8 heteroatoms. The van der Waals surface area contributed by atoms with Gasteiger partial charge >= 0.3 is 0 Å². The molecule has 0 fully saturated rings. The predicted octanol–water partition coefficient (Wildman–Crippen LogP) is 0.494. The molecule has 0 bridgehead atoms. The highest BCUT2D eigenvalue weighted by molar-refractivity contribution is 5.88. The zero-order chi connectivity index (χ0) is 17.6. The van der Waals surface area contributed by atoms with Gasteiger partial charge in [-0.05, 0) is 34.9 Å². The summed E-state index contributed by atoms with van der Waals surface area (Å²) < 4.78 is 1.31. The highest BCUT2D eigenvalue weighted by atomic mass is 16.2. The van der Waals surface area contributed by atoms with Gasteiger partial charge in [0.15, 0.2) is 0 Å². The molecule has 2 aromatic rings. The van der Waals surface area contributed by atoms with Crippen molar-refractivity contribution in [2.45, 2.75) is 25.9 Å². The molecule has 2 amide bonds. The third kappa shape index (κ3) is 4.28. The SMILES string of the molecule is C[C@H](NC(=O)Cn1cnnn1)C(=O)N1CCC=C(c2ccccc2)C1. The molecular formula is C17H20N6O2. The van der Waals surface area contributed by atoms with Crippen molar-refractivity contribution in [3.05, 3.63) is 48.3 Å². The molecule has 3 rings (SSSR count). The lowest BCUT2D eigenvalue weighted by Crippen LogP contribution is -2.49. The van der Waals surface area contributed by atoms with Gasteiger partial charge in [0.1, 0.15) is 18.9 Å². The van der Waals surface area contributed by atoms with Crippen LogP contribution in [0.15, 0.2) is 42.7 Å². The summed E-state index contributed by atoms with van der Waals surface area (Å²) in [6.07, 6.45) is 4.33. The highest BCUT2D eigenvalue weighted by Crippen LogP contribution is 2.20. The number of carbonyl (C=O) groups is 2. The van der Waals surface area contributed by atoms with Crippen molar-refractivity contribution in [3.63, 3.8) is 0 Å². The van der Waals surface area contributed by atoms with E-state index in [1.54, 1.807) is 11.8 Å².